The van der Waals surface area contributed by atoms with Crippen LogP contribution in [0.2, 0.25) is 0 Å². The van der Waals surface area contributed by atoms with Gasteiger partial charge in [0.15, 0.2) is 5.82 Å². The Bertz CT molecular complexity index is 1060. The standard InChI is InChI=1S/C22H22FN5O2/c1-27-12-22(13-28(14-22)19(29)10-15-6-2-3-7-16(15)23)11-18(27)20-25-21(30-26-20)17-8-4-5-9-24-17/h2-9,18H,10-14H2,1H3. The first-order chi connectivity index (χ1) is 14.5. The van der Waals surface area contributed by atoms with Crippen molar-refractivity contribution in [2.24, 2.45) is 5.41 Å². The van der Waals surface area contributed by atoms with Crippen molar-refractivity contribution < 1.29 is 13.7 Å². The molecule has 4 heterocycles. The van der Waals surface area contributed by atoms with Crippen LogP contribution in [-0.2, 0) is 11.2 Å². The van der Waals surface area contributed by atoms with Crippen molar-refractivity contribution in [3.05, 3.63) is 65.9 Å². The number of halogens is 1. The maximum Gasteiger partial charge on any atom is 0.276 e. The highest BCUT2D eigenvalue weighted by molar-refractivity contribution is 5.79. The van der Waals surface area contributed by atoms with Crippen LogP contribution in [0.15, 0.2) is 53.2 Å². The lowest BCUT2D eigenvalue weighted by Gasteiger charge is -2.48. The van der Waals surface area contributed by atoms with E-state index < -0.39 is 0 Å². The van der Waals surface area contributed by atoms with Gasteiger partial charge in [-0.05, 0) is 37.2 Å². The van der Waals surface area contributed by atoms with Crippen LogP contribution in [0.3, 0.4) is 0 Å². The second-order valence-corrected chi connectivity index (χ2v) is 8.33. The molecule has 0 N–H and O–H groups in total. The summed E-state index contributed by atoms with van der Waals surface area (Å²) in [6, 6.07) is 12.0. The first-order valence-electron chi connectivity index (χ1n) is 9.99. The van der Waals surface area contributed by atoms with Gasteiger partial charge in [-0.15, -0.1) is 0 Å². The summed E-state index contributed by atoms with van der Waals surface area (Å²) in [5.74, 6) is 0.692. The van der Waals surface area contributed by atoms with E-state index in [2.05, 4.69) is 20.0 Å². The summed E-state index contributed by atoms with van der Waals surface area (Å²) in [5.41, 5.74) is 1.12. The molecule has 30 heavy (non-hydrogen) atoms. The lowest BCUT2D eigenvalue weighted by molar-refractivity contribution is -0.142. The van der Waals surface area contributed by atoms with Gasteiger partial charge in [0, 0.05) is 31.2 Å². The predicted octanol–water partition coefficient (Wildman–Crippen LogP) is 2.72. The van der Waals surface area contributed by atoms with Gasteiger partial charge in [0.25, 0.3) is 5.89 Å². The number of aromatic nitrogens is 3. The summed E-state index contributed by atoms with van der Waals surface area (Å²) in [5, 5.41) is 4.18. The molecule has 0 radical (unpaired) electrons. The maximum absolute atomic E-state index is 13.8. The van der Waals surface area contributed by atoms with Crippen LogP contribution in [0.5, 0.6) is 0 Å². The molecule has 0 bridgehead atoms. The highest BCUT2D eigenvalue weighted by Gasteiger charge is 2.53. The highest BCUT2D eigenvalue weighted by atomic mass is 19.1. The molecule has 1 unspecified atom stereocenters. The minimum Gasteiger partial charge on any atom is -0.341 e. The fraction of sp³-hybridized carbons (Fsp3) is 0.364. The van der Waals surface area contributed by atoms with Crippen molar-refractivity contribution in [2.75, 3.05) is 26.7 Å². The molecular formula is C22H22FN5O2. The van der Waals surface area contributed by atoms with E-state index >= 15 is 0 Å². The smallest absolute Gasteiger partial charge is 0.276 e. The number of nitrogens with zero attached hydrogens (tertiary/aromatic N) is 5. The Hall–Kier alpha value is -3.13. The zero-order valence-corrected chi connectivity index (χ0v) is 16.7. The number of carbonyl (C=O) groups is 1. The highest BCUT2D eigenvalue weighted by Crippen LogP contribution is 2.47. The summed E-state index contributed by atoms with van der Waals surface area (Å²) < 4.78 is 19.3. The molecule has 7 nitrogen and oxygen atoms in total. The van der Waals surface area contributed by atoms with E-state index in [4.69, 9.17) is 4.52 Å². The third-order valence-corrected chi connectivity index (χ3v) is 6.07. The van der Waals surface area contributed by atoms with Crippen molar-refractivity contribution in [3.8, 4) is 11.6 Å². The summed E-state index contributed by atoms with van der Waals surface area (Å²) in [4.78, 5) is 25.4. The van der Waals surface area contributed by atoms with E-state index in [9.17, 15) is 9.18 Å². The van der Waals surface area contributed by atoms with E-state index in [1.54, 1.807) is 24.4 Å². The monoisotopic (exact) mass is 407 g/mol. The number of hydrogen-bond donors (Lipinski definition) is 0. The van der Waals surface area contributed by atoms with Crippen LogP contribution in [0.4, 0.5) is 4.39 Å². The predicted molar refractivity (Wildman–Crippen MR) is 107 cm³/mol. The normalized spacial score (nSPS) is 20.5. The molecule has 2 saturated heterocycles. The molecule has 1 atom stereocenters. The Morgan fingerprint density at radius 1 is 1.20 bits per heavy atom. The first-order valence-corrected chi connectivity index (χ1v) is 9.99. The molecule has 2 aromatic heterocycles. The van der Waals surface area contributed by atoms with Crippen molar-refractivity contribution in [1.29, 1.82) is 0 Å². The molecule has 1 aromatic carbocycles. The zero-order valence-electron chi connectivity index (χ0n) is 16.7. The summed E-state index contributed by atoms with van der Waals surface area (Å²) in [6.07, 6.45) is 2.64. The van der Waals surface area contributed by atoms with Crippen LogP contribution in [0.1, 0.15) is 23.9 Å². The molecule has 5 rings (SSSR count). The number of pyridine rings is 1. The van der Waals surface area contributed by atoms with Gasteiger partial charge < -0.3 is 9.42 Å². The molecule has 0 aliphatic carbocycles. The van der Waals surface area contributed by atoms with Crippen molar-refractivity contribution in [3.63, 3.8) is 0 Å². The van der Waals surface area contributed by atoms with E-state index in [1.807, 2.05) is 30.1 Å². The average molecular weight is 407 g/mol. The number of rotatable bonds is 4. The lowest BCUT2D eigenvalue weighted by atomic mass is 9.77. The van der Waals surface area contributed by atoms with Gasteiger partial charge in [-0.2, -0.15) is 4.98 Å². The quantitative estimate of drug-likeness (QED) is 0.662. The van der Waals surface area contributed by atoms with Gasteiger partial charge in [-0.1, -0.05) is 29.4 Å². The van der Waals surface area contributed by atoms with Gasteiger partial charge >= 0.3 is 0 Å². The van der Waals surface area contributed by atoms with Gasteiger partial charge in [-0.3, -0.25) is 14.7 Å². The molecule has 3 aromatic rings. The van der Waals surface area contributed by atoms with Gasteiger partial charge in [-0.25, -0.2) is 4.39 Å². The average Bonchev–Trinajstić information content (AvgIpc) is 3.34. The Balaban J connectivity index is 1.23. The van der Waals surface area contributed by atoms with Gasteiger partial charge in [0.05, 0.1) is 12.5 Å². The number of carbonyl (C=O) groups excluding carboxylic acids is 1. The van der Waals surface area contributed by atoms with Crippen LogP contribution in [-0.4, -0.2) is 57.5 Å². The molecular weight excluding hydrogens is 385 g/mol. The van der Waals surface area contributed by atoms with Crippen LogP contribution in [0, 0.1) is 11.2 Å². The number of hydrogen-bond acceptors (Lipinski definition) is 6. The van der Waals surface area contributed by atoms with Crippen LogP contribution in [0.25, 0.3) is 11.6 Å². The Kier molecular flexibility index (Phi) is 4.58. The molecule has 1 amide bonds. The Labute approximate surface area is 173 Å². The molecule has 154 valence electrons. The minimum absolute atomic E-state index is 0.0239. The lowest BCUT2D eigenvalue weighted by Crippen LogP contribution is -2.59. The van der Waals surface area contributed by atoms with Crippen molar-refractivity contribution in [1.82, 2.24) is 24.9 Å². The Morgan fingerprint density at radius 3 is 2.77 bits per heavy atom. The molecule has 1 spiro atoms. The second kappa shape index (κ2) is 7.28. The summed E-state index contributed by atoms with van der Waals surface area (Å²) in [6.45, 7) is 2.20. The number of benzene rings is 1. The van der Waals surface area contributed by atoms with E-state index in [0.717, 1.165) is 13.0 Å². The van der Waals surface area contributed by atoms with Gasteiger partial charge in [0.1, 0.15) is 11.5 Å². The number of likely N-dealkylation sites (tertiary alicyclic amines) is 2. The fourth-order valence-electron chi connectivity index (χ4n) is 4.61. The number of amides is 1. The maximum atomic E-state index is 13.8. The largest absolute Gasteiger partial charge is 0.341 e. The summed E-state index contributed by atoms with van der Waals surface area (Å²) in [7, 11) is 2.04. The van der Waals surface area contributed by atoms with Crippen molar-refractivity contribution in [2.45, 2.75) is 18.9 Å². The molecule has 8 heteroatoms. The molecule has 0 saturated carbocycles. The Morgan fingerprint density at radius 2 is 2.00 bits per heavy atom. The SMILES string of the molecule is CN1CC2(CC1c1noc(-c3ccccn3)n1)CN(C(=O)Cc1ccccc1F)C2. The third kappa shape index (κ3) is 3.37. The zero-order chi connectivity index (χ0) is 20.7. The third-order valence-electron chi connectivity index (χ3n) is 6.07. The fourth-order valence-corrected chi connectivity index (χ4v) is 4.61. The minimum atomic E-state index is -0.331. The topological polar surface area (TPSA) is 75.4 Å². The van der Waals surface area contributed by atoms with E-state index in [0.29, 0.717) is 36.1 Å². The molecule has 2 aliphatic heterocycles. The van der Waals surface area contributed by atoms with E-state index in [1.165, 1.54) is 6.07 Å². The first kappa shape index (κ1) is 18.9. The second-order valence-electron chi connectivity index (χ2n) is 8.33. The van der Waals surface area contributed by atoms with E-state index in [-0.39, 0.29) is 29.6 Å². The van der Waals surface area contributed by atoms with Crippen LogP contribution < -0.4 is 0 Å². The van der Waals surface area contributed by atoms with Crippen LogP contribution >= 0.6 is 0 Å². The van der Waals surface area contributed by atoms with Crippen molar-refractivity contribution >= 4 is 5.91 Å². The van der Waals surface area contributed by atoms with Gasteiger partial charge in [0.2, 0.25) is 5.91 Å². The molecule has 2 aliphatic rings. The molecule has 2 fully saturated rings. The summed E-state index contributed by atoms with van der Waals surface area (Å²) >= 11 is 0.